The first kappa shape index (κ1) is 11.3. The second-order valence-electron chi connectivity index (χ2n) is 6.11. The van der Waals surface area contributed by atoms with Crippen molar-refractivity contribution in [1.29, 1.82) is 0 Å². The van der Waals surface area contributed by atoms with Gasteiger partial charge in [0.2, 0.25) is 0 Å². The molecule has 2 fully saturated rings. The van der Waals surface area contributed by atoms with Crippen LogP contribution < -0.4 is 5.73 Å². The lowest BCUT2D eigenvalue weighted by atomic mass is 10.0. The number of nitrogens with one attached hydrogen (secondary N) is 1. The van der Waals surface area contributed by atoms with Crippen LogP contribution in [0.3, 0.4) is 0 Å². The maximum absolute atomic E-state index is 5.80. The highest BCUT2D eigenvalue weighted by atomic mass is 15.2. The minimum absolute atomic E-state index is 0.790. The molecule has 0 spiro atoms. The number of H-pyrrole nitrogens is 1. The molecular formula is C15H20N4. The molecule has 4 rings (SSSR count). The number of hydrogen-bond donors (Lipinski definition) is 2. The summed E-state index contributed by atoms with van der Waals surface area (Å²) in [7, 11) is 0. The fraction of sp³-hybridized carbons (Fsp3) is 0.533. The first-order valence-corrected chi connectivity index (χ1v) is 7.24. The van der Waals surface area contributed by atoms with E-state index in [9.17, 15) is 0 Å². The van der Waals surface area contributed by atoms with Gasteiger partial charge in [0, 0.05) is 18.8 Å². The monoisotopic (exact) mass is 256 g/mol. The molecular weight excluding hydrogens is 236 g/mol. The number of aromatic amines is 1. The predicted octanol–water partition coefficient (Wildman–Crippen LogP) is 2.38. The van der Waals surface area contributed by atoms with Crippen LogP contribution in [-0.2, 0) is 6.54 Å². The third kappa shape index (κ3) is 2.00. The van der Waals surface area contributed by atoms with E-state index in [1.165, 1.54) is 32.4 Å². The Labute approximate surface area is 113 Å². The fourth-order valence-electron chi connectivity index (χ4n) is 3.83. The van der Waals surface area contributed by atoms with Crippen molar-refractivity contribution in [2.75, 3.05) is 18.8 Å². The minimum Gasteiger partial charge on any atom is -0.399 e. The van der Waals surface area contributed by atoms with Gasteiger partial charge in [0.25, 0.3) is 0 Å². The molecule has 0 bridgehead atoms. The van der Waals surface area contributed by atoms with Crippen molar-refractivity contribution in [3.8, 4) is 0 Å². The van der Waals surface area contributed by atoms with E-state index in [2.05, 4.69) is 14.9 Å². The molecule has 0 amide bonds. The molecule has 1 aromatic heterocycles. The molecule has 4 heteroatoms. The summed E-state index contributed by atoms with van der Waals surface area (Å²) in [6.45, 7) is 3.45. The number of likely N-dealkylation sites (tertiary alicyclic amines) is 1. The quantitative estimate of drug-likeness (QED) is 0.811. The lowest BCUT2D eigenvalue weighted by Crippen LogP contribution is -2.21. The number of nitrogens with two attached hydrogens (primary N) is 1. The van der Waals surface area contributed by atoms with Crippen LogP contribution in [0.1, 0.15) is 25.1 Å². The molecule has 1 saturated carbocycles. The molecule has 0 radical (unpaired) electrons. The largest absolute Gasteiger partial charge is 0.399 e. The van der Waals surface area contributed by atoms with Gasteiger partial charge in [0.1, 0.15) is 5.82 Å². The van der Waals surface area contributed by atoms with Crippen molar-refractivity contribution in [2.45, 2.75) is 25.8 Å². The maximum atomic E-state index is 5.80. The summed E-state index contributed by atoms with van der Waals surface area (Å²) < 4.78 is 0. The molecule has 2 atom stereocenters. The van der Waals surface area contributed by atoms with Crippen molar-refractivity contribution in [3.05, 3.63) is 24.0 Å². The lowest BCUT2D eigenvalue weighted by molar-refractivity contribution is 0.297. The Hall–Kier alpha value is -1.55. The Bertz CT molecular complexity index is 591. The summed E-state index contributed by atoms with van der Waals surface area (Å²) in [5.74, 6) is 2.96. The van der Waals surface area contributed by atoms with Crippen molar-refractivity contribution in [2.24, 2.45) is 11.8 Å². The summed E-state index contributed by atoms with van der Waals surface area (Å²) in [6.07, 6.45) is 4.29. The lowest BCUT2D eigenvalue weighted by Gasteiger charge is -2.14. The number of nitrogens with zero attached hydrogens (tertiary/aromatic N) is 2. The predicted molar refractivity (Wildman–Crippen MR) is 76.6 cm³/mol. The Morgan fingerprint density at radius 1 is 1.26 bits per heavy atom. The van der Waals surface area contributed by atoms with Crippen LogP contribution in [0.25, 0.3) is 11.0 Å². The van der Waals surface area contributed by atoms with Crippen molar-refractivity contribution in [3.63, 3.8) is 0 Å². The smallest absolute Gasteiger partial charge is 0.121 e. The van der Waals surface area contributed by atoms with E-state index < -0.39 is 0 Å². The zero-order chi connectivity index (χ0) is 12.8. The Morgan fingerprint density at radius 3 is 2.84 bits per heavy atom. The highest BCUT2D eigenvalue weighted by Gasteiger charge is 2.35. The molecule has 19 heavy (non-hydrogen) atoms. The molecule has 4 nitrogen and oxygen atoms in total. The van der Waals surface area contributed by atoms with E-state index in [-0.39, 0.29) is 0 Å². The van der Waals surface area contributed by atoms with Crippen LogP contribution >= 0.6 is 0 Å². The number of fused-ring (bicyclic) bond motifs is 2. The van der Waals surface area contributed by atoms with Gasteiger partial charge in [0.15, 0.2) is 0 Å². The summed E-state index contributed by atoms with van der Waals surface area (Å²) in [5, 5.41) is 0. The topological polar surface area (TPSA) is 57.9 Å². The third-order valence-electron chi connectivity index (χ3n) is 4.73. The SMILES string of the molecule is Nc1ccc2nc(CN3CC4CCCC4C3)[nH]c2c1. The number of rotatable bonds is 2. The molecule has 2 aliphatic rings. The number of hydrogen-bond acceptors (Lipinski definition) is 3. The van der Waals surface area contributed by atoms with Gasteiger partial charge < -0.3 is 10.7 Å². The van der Waals surface area contributed by atoms with Crippen LogP contribution in [0.2, 0.25) is 0 Å². The molecule has 2 heterocycles. The Kier molecular flexibility index (Phi) is 2.52. The molecule has 1 aliphatic carbocycles. The van der Waals surface area contributed by atoms with Gasteiger partial charge in [-0.3, -0.25) is 4.90 Å². The van der Waals surface area contributed by atoms with Gasteiger partial charge in [-0.05, 0) is 42.9 Å². The zero-order valence-corrected chi connectivity index (χ0v) is 11.1. The second kappa shape index (κ2) is 4.23. The first-order chi connectivity index (χ1) is 9.28. The Balaban J connectivity index is 1.52. The number of nitrogen functional groups attached to an aromatic ring is 1. The summed E-state index contributed by atoms with van der Waals surface area (Å²) in [6, 6.07) is 5.86. The van der Waals surface area contributed by atoms with E-state index in [0.29, 0.717) is 0 Å². The third-order valence-corrected chi connectivity index (χ3v) is 4.73. The average Bonchev–Trinajstić information content (AvgIpc) is 3.01. The van der Waals surface area contributed by atoms with Gasteiger partial charge in [-0.2, -0.15) is 0 Å². The zero-order valence-electron chi connectivity index (χ0n) is 11.1. The summed E-state index contributed by atoms with van der Waals surface area (Å²) in [4.78, 5) is 10.6. The van der Waals surface area contributed by atoms with Gasteiger partial charge >= 0.3 is 0 Å². The van der Waals surface area contributed by atoms with Gasteiger partial charge in [-0.15, -0.1) is 0 Å². The van der Waals surface area contributed by atoms with Crippen LogP contribution in [-0.4, -0.2) is 28.0 Å². The molecule has 1 saturated heterocycles. The van der Waals surface area contributed by atoms with Crippen LogP contribution in [0.5, 0.6) is 0 Å². The highest BCUT2D eigenvalue weighted by molar-refractivity contribution is 5.78. The fourth-order valence-corrected chi connectivity index (χ4v) is 3.83. The van der Waals surface area contributed by atoms with Gasteiger partial charge in [0.05, 0.1) is 17.6 Å². The average molecular weight is 256 g/mol. The van der Waals surface area contributed by atoms with E-state index in [1.54, 1.807) is 0 Å². The van der Waals surface area contributed by atoms with E-state index >= 15 is 0 Å². The number of aromatic nitrogens is 2. The molecule has 1 aliphatic heterocycles. The minimum atomic E-state index is 0.790. The number of imidazole rings is 1. The number of benzene rings is 1. The van der Waals surface area contributed by atoms with Gasteiger partial charge in [-0.1, -0.05) is 6.42 Å². The van der Waals surface area contributed by atoms with E-state index in [4.69, 9.17) is 5.73 Å². The van der Waals surface area contributed by atoms with Crippen LogP contribution in [0.15, 0.2) is 18.2 Å². The summed E-state index contributed by atoms with van der Waals surface area (Å²) in [5.41, 5.74) is 8.66. The molecule has 1 aromatic carbocycles. The summed E-state index contributed by atoms with van der Waals surface area (Å²) >= 11 is 0. The molecule has 3 N–H and O–H groups in total. The van der Waals surface area contributed by atoms with Crippen molar-refractivity contribution >= 4 is 16.7 Å². The maximum Gasteiger partial charge on any atom is 0.121 e. The first-order valence-electron chi connectivity index (χ1n) is 7.24. The standard InChI is InChI=1S/C15H20N4/c16-12-4-5-13-14(6-12)18-15(17-13)9-19-7-10-2-1-3-11(10)8-19/h4-6,10-11H,1-3,7-9,16H2,(H,17,18). The molecule has 2 aromatic rings. The van der Waals surface area contributed by atoms with Crippen molar-refractivity contribution < 1.29 is 0 Å². The molecule has 100 valence electrons. The second-order valence-corrected chi connectivity index (χ2v) is 6.11. The normalized spacial score (nSPS) is 27.2. The highest BCUT2D eigenvalue weighted by Crippen LogP contribution is 2.38. The van der Waals surface area contributed by atoms with Crippen molar-refractivity contribution in [1.82, 2.24) is 14.9 Å². The molecule has 2 unspecified atom stereocenters. The Morgan fingerprint density at radius 2 is 2.05 bits per heavy atom. The van der Waals surface area contributed by atoms with Crippen LogP contribution in [0.4, 0.5) is 5.69 Å². The van der Waals surface area contributed by atoms with Crippen LogP contribution in [0, 0.1) is 11.8 Å². The van der Waals surface area contributed by atoms with E-state index in [0.717, 1.165) is 40.9 Å². The number of anilines is 1. The van der Waals surface area contributed by atoms with Gasteiger partial charge in [-0.25, -0.2) is 4.98 Å². The van der Waals surface area contributed by atoms with E-state index in [1.807, 2.05) is 18.2 Å².